The average Bonchev–Trinajstić information content (AvgIpc) is 3.01. The number of hydrogen-bond donors (Lipinski definition) is 2. The molecule has 3 aromatic rings. The minimum Gasteiger partial charge on any atom is -0.508 e. The lowest BCUT2D eigenvalue weighted by atomic mass is 10.1. The smallest absolute Gasteiger partial charge is 0.254 e. The molecule has 2 N–H and O–H groups in total. The Morgan fingerprint density at radius 1 is 1.29 bits per heavy atom. The summed E-state index contributed by atoms with van der Waals surface area (Å²) in [6, 6.07) is 10.9. The highest BCUT2D eigenvalue weighted by Gasteiger charge is 2.13. The van der Waals surface area contributed by atoms with Gasteiger partial charge in [-0.1, -0.05) is 18.2 Å². The summed E-state index contributed by atoms with van der Waals surface area (Å²) in [6.45, 7) is 2.11. The molecular weight excluding hydrogens is 309 g/mol. The third kappa shape index (κ3) is 3.12. The number of phenols is 1. The molecule has 2 aromatic carbocycles. The van der Waals surface area contributed by atoms with Crippen molar-refractivity contribution in [1.29, 1.82) is 0 Å². The van der Waals surface area contributed by atoms with Gasteiger partial charge < -0.3 is 15.0 Å². The van der Waals surface area contributed by atoms with Crippen molar-refractivity contribution in [2.24, 2.45) is 0 Å². The van der Waals surface area contributed by atoms with Crippen LogP contribution in [0.4, 0.5) is 4.39 Å². The second kappa shape index (κ2) is 6.54. The molecule has 1 aromatic heterocycles. The predicted octanol–water partition coefficient (Wildman–Crippen LogP) is 2.96. The molecule has 0 atom stereocenters. The number of para-hydroxylation sites is 1. The van der Waals surface area contributed by atoms with Gasteiger partial charge in [-0.25, -0.2) is 9.37 Å². The SMILES string of the molecule is Cc1nccn1-c1ccccc1CNC(=O)c1cc(O)ccc1F. The van der Waals surface area contributed by atoms with Crippen molar-refractivity contribution in [3.63, 3.8) is 0 Å². The molecule has 1 heterocycles. The van der Waals surface area contributed by atoms with Crippen molar-refractivity contribution >= 4 is 5.91 Å². The first kappa shape index (κ1) is 15.7. The van der Waals surface area contributed by atoms with E-state index in [-0.39, 0.29) is 17.9 Å². The first-order chi connectivity index (χ1) is 11.6. The molecule has 1 amide bonds. The number of amides is 1. The molecule has 0 saturated carbocycles. The molecule has 0 aliphatic rings. The van der Waals surface area contributed by atoms with Crippen LogP contribution in [0.25, 0.3) is 5.69 Å². The van der Waals surface area contributed by atoms with Gasteiger partial charge in [-0.05, 0) is 36.8 Å². The van der Waals surface area contributed by atoms with Crippen LogP contribution in [0.3, 0.4) is 0 Å². The average molecular weight is 325 g/mol. The lowest BCUT2D eigenvalue weighted by Gasteiger charge is -2.13. The van der Waals surface area contributed by atoms with E-state index in [1.807, 2.05) is 42.0 Å². The number of nitrogens with zero attached hydrogens (tertiary/aromatic N) is 2. The Hall–Kier alpha value is -3.15. The van der Waals surface area contributed by atoms with E-state index in [9.17, 15) is 14.3 Å². The van der Waals surface area contributed by atoms with Crippen molar-refractivity contribution in [2.75, 3.05) is 0 Å². The van der Waals surface area contributed by atoms with Crippen LogP contribution in [0, 0.1) is 12.7 Å². The van der Waals surface area contributed by atoms with E-state index >= 15 is 0 Å². The third-order valence-electron chi connectivity index (χ3n) is 3.71. The van der Waals surface area contributed by atoms with Crippen LogP contribution >= 0.6 is 0 Å². The molecule has 3 rings (SSSR count). The first-order valence-electron chi connectivity index (χ1n) is 7.41. The molecule has 6 heteroatoms. The maximum Gasteiger partial charge on any atom is 0.254 e. The standard InChI is InChI=1S/C18H16FN3O2/c1-12-20-8-9-22(12)17-5-3-2-4-13(17)11-21-18(24)15-10-14(23)6-7-16(15)19/h2-10,23H,11H2,1H3,(H,21,24). The van der Waals surface area contributed by atoms with E-state index in [2.05, 4.69) is 10.3 Å². The van der Waals surface area contributed by atoms with Crippen molar-refractivity contribution < 1.29 is 14.3 Å². The molecule has 0 unspecified atom stereocenters. The van der Waals surface area contributed by atoms with Crippen LogP contribution in [0.1, 0.15) is 21.7 Å². The molecule has 0 spiro atoms. The second-order valence-electron chi connectivity index (χ2n) is 5.32. The van der Waals surface area contributed by atoms with Gasteiger partial charge in [0.15, 0.2) is 0 Å². The number of aromatic hydroxyl groups is 1. The number of carbonyl (C=O) groups is 1. The Balaban J connectivity index is 1.82. The number of hydrogen-bond acceptors (Lipinski definition) is 3. The van der Waals surface area contributed by atoms with E-state index in [0.717, 1.165) is 29.2 Å². The van der Waals surface area contributed by atoms with Crippen molar-refractivity contribution in [1.82, 2.24) is 14.9 Å². The monoisotopic (exact) mass is 325 g/mol. The van der Waals surface area contributed by atoms with Crippen LogP contribution in [-0.4, -0.2) is 20.6 Å². The number of imidazole rings is 1. The Labute approximate surface area is 138 Å². The predicted molar refractivity (Wildman–Crippen MR) is 87.5 cm³/mol. The van der Waals surface area contributed by atoms with E-state index in [4.69, 9.17) is 0 Å². The molecule has 0 aliphatic carbocycles. The largest absolute Gasteiger partial charge is 0.508 e. The highest BCUT2D eigenvalue weighted by molar-refractivity contribution is 5.94. The van der Waals surface area contributed by atoms with Crippen molar-refractivity contribution in [3.8, 4) is 11.4 Å². The maximum atomic E-state index is 13.7. The zero-order chi connectivity index (χ0) is 17.1. The van der Waals surface area contributed by atoms with Gasteiger partial charge in [0.2, 0.25) is 0 Å². The minimum absolute atomic E-state index is 0.156. The fourth-order valence-electron chi connectivity index (χ4n) is 2.49. The molecule has 122 valence electrons. The molecule has 0 fully saturated rings. The van der Waals surface area contributed by atoms with Crippen LogP contribution in [0.15, 0.2) is 54.9 Å². The zero-order valence-corrected chi connectivity index (χ0v) is 13.0. The third-order valence-corrected chi connectivity index (χ3v) is 3.71. The van der Waals surface area contributed by atoms with Gasteiger partial charge in [0.25, 0.3) is 5.91 Å². The Kier molecular flexibility index (Phi) is 4.29. The number of aryl methyl sites for hydroxylation is 1. The zero-order valence-electron chi connectivity index (χ0n) is 13.0. The Morgan fingerprint density at radius 3 is 2.83 bits per heavy atom. The second-order valence-corrected chi connectivity index (χ2v) is 5.32. The number of aromatic nitrogens is 2. The summed E-state index contributed by atoms with van der Waals surface area (Å²) in [4.78, 5) is 16.4. The van der Waals surface area contributed by atoms with Gasteiger partial charge in [0.05, 0.1) is 11.3 Å². The first-order valence-corrected chi connectivity index (χ1v) is 7.41. The van der Waals surface area contributed by atoms with Crippen LogP contribution < -0.4 is 5.32 Å². The summed E-state index contributed by atoms with van der Waals surface area (Å²) in [7, 11) is 0. The molecular formula is C18H16FN3O2. The fourth-order valence-corrected chi connectivity index (χ4v) is 2.49. The molecule has 5 nitrogen and oxygen atoms in total. The molecule has 0 aliphatic heterocycles. The maximum absolute atomic E-state index is 13.7. The Bertz CT molecular complexity index is 889. The lowest BCUT2D eigenvalue weighted by molar-refractivity contribution is 0.0946. The lowest BCUT2D eigenvalue weighted by Crippen LogP contribution is -2.24. The van der Waals surface area contributed by atoms with E-state index < -0.39 is 11.7 Å². The van der Waals surface area contributed by atoms with E-state index in [0.29, 0.717) is 0 Å². The summed E-state index contributed by atoms with van der Waals surface area (Å²) in [5.41, 5.74) is 1.57. The summed E-state index contributed by atoms with van der Waals surface area (Å²) < 4.78 is 15.6. The highest BCUT2D eigenvalue weighted by Crippen LogP contribution is 2.18. The summed E-state index contributed by atoms with van der Waals surface area (Å²) in [5, 5.41) is 12.1. The van der Waals surface area contributed by atoms with Crippen LogP contribution in [0.2, 0.25) is 0 Å². The number of nitrogens with one attached hydrogen (secondary N) is 1. The van der Waals surface area contributed by atoms with Gasteiger partial charge >= 0.3 is 0 Å². The quantitative estimate of drug-likeness (QED) is 0.775. The van der Waals surface area contributed by atoms with Gasteiger partial charge in [-0.3, -0.25) is 4.79 Å². The number of rotatable bonds is 4. The van der Waals surface area contributed by atoms with Crippen LogP contribution in [-0.2, 0) is 6.54 Å². The van der Waals surface area contributed by atoms with Crippen molar-refractivity contribution in [3.05, 3.63) is 77.6 Å². The number of carbonyl (C=O) groups excluding carboxylic acids is 1. The van der Waals surface area contributed by atoms with Gasteiger partial charge in [0, 0.05) is 18.9 Å². The topological polar surface area (TPSA) is 67.2 Å². The summed E-state index contributed by atoms with van der Waals surface area (Å²) in [6.07, 6.45) is 3.54. The number of benzene rings is 2. The molecule has 0 radical (unpaired) electrons. The molecule has 0 saturated heterocycles. The Morgan fingerprint density at radius 2 is 2.08 bits per heavy atom. The van der Waals surface area contributed by atoms with E-state index in [1.54, 1.807) is 6.20 Å². The minimum atomic E-state index is -0.677. The summed E-state index contributed by atoms with van der Waals surface area (Å²) >= 11 is 0. The van der Waals surface area contributed by atoms with Gasteiger partial charge in [0.1, 0.15) is 17.4 Å². The number of halogens is 1. The normalized spacial score (nSPS) is 10.6. The fraction of sp³-hybridized carbons (Fsp3) is 0.111. The highest BCUT2D eigenvalue weighted by atomic mass is 19.1. The molecule has 0 bridgehead atoms. The molecule has 24 heavy (non-hydrogen) atoms. The summed E-state index contributed by atoms with van der Waals surface area (Å²) in [5.74, 6) is -0.589. The van der Waals surface area contributed by atoms with Gasteiger partial charge in [-0.15, -0.1) is 0 Å². The van der Waals surface area contributed by atoms with Crippen LogP contribution in [0.5, 0.6) is 5.75 Å². The number of phenolic OH excluding ortho intramolecular Hbond substituents is 1. The van der Waals surface area contributed by atoms with Gasteiger partial charge in [-0.2, -0.15) is 0 Å². The van der Waals surface area contributed by atoms with Crippen molar-refractivity contribution in [2.45, 2.75) is 13.5 Å². The van der Waals surface area contributed by atoms with E-state index in [1.165, 1.54) is 6.07 Å².